The second-order valence-corrected chi connectivity index (χ2v) is 4.67. The number of oxazole rings is 1. The lowest BCUT2D eigenvalue weighted by atomic mass is 10.1. The molecule has 1 N–H and O–H groups in total. The van der Waals surface area contributed by atoms with Gasteiger partial charge in [0.15, 0.2) is 5.58 Å². The molecule has 6 nitrogen and oxygen atoms in total. The van der Waals surface area contributed by atoms with E-state index in [-0.39, 0.29) is 12.3 Å². The number of carbonyl (C=O) groups is 1. The van der Waals surface area contributed by atoms with Crippen LogP contribution in [0.1, 0.15) is 11.1 Å². The van der Waals surface area contributed by atoms with E-state index >= 15 is 0 Å². The monoisotopic (exact) mass is 283 g/mol. The van der Waals surface area contributed by atoms with Crippen molar-refractivity contribution in [1.29, 1.82) is 0 Å². The van der Waals surface area contributed by atoms with Gasteiger partial charge in [-0.15, -0.1) is 0 Å². The van der Waals surface area contributed by atoms with Gasteiger partial charge < -0.3 is 4.42 Å². The highest BCUT2D eigenvalue weighted by atomic mass is 16.4. The first-order valence-electron chi connectivity index (χ1n) is 6.46. The number of carbonyl (C=O) groups excluding carboxylic acids is 1. The van der Waals surface area contributed by atoms with Gasteiger partial charge in [-0.1, -0.05) is 24.3 Å². The maximum atomic E-state index is 12.1. The number of hydrogen-bond donors (Lipinski definition) is 1. The van der Waals surface area contributed by atoms with Crippen LogP contribution in [0.5, 0.6) is 0 Å². The highest BCUT2D eigenvalue weighted by molar-refractivity contribution is 5.87. The molecule has 0 fully saturated rings. The molecule has 3 aromatic rings. The first-order valence-corrected chi connectivity index (χ1v) is 6.46. The summed E-state index contributed by atoms with van der Waals surface area (Å²) in [6.07, 6.45) is 1.71. The molecular weight excluding hydrogens is 270 g/mol. The van der Waals surface area contributed by atoms with Crippen LogP contribution < -0.4 is 11.2 Å². The zero-order chi connectivity index (χ0) is 14.8. The molecule has 0 unspecified atom stereocenters. The highest BCUT2D eigenvalue weighted by Gasteiger charge is 2.13. The zero-order valence-electron chi connectivity index (χ0n) is 11.4. The number of aryl methyl sites for hydroxylation is 1. The molecule has 0 aliphatic carbocycles. The second kappa shape index (κ2) is 5.24. The number of rotatable bonds is 3. The highest BCUT2D eigenvalue weighted by Crippen LogP contribution is 2.09. The van der Waals surface area contributed by atoms with E-state index in [2.05, 4.69) is 10.4 Å². The van der Waals surface area contributed by atoms with Gasteiger partial charge in [0.2, 0.25) is 11.6 Å². The largest absolute Gasteiger partial charge is 0.440 e. The molecular formula is C15H13N3O3. The SMILES string of the molecule is Cc1ccccc1CC(=O)Nn1c(=O)oc2cccnc21. The molecule has 106 valence electrons. The van der Waals surface area contributed by atoms with Crippen LogP contribution in [-0.4, -0.2) is 15.6 Å². The van der Waals surface area contributed by atoms with Gasteiger partial charge >= 0.3 is 5.76 Å². The standard InChI is InChI=1S/C15H13N3O3/c1-10-5-2-3-6-11(10)9-13(19)17-18-14-12(21-15(18)20)7-4-8-16-14/h2-8H,9H2,1H3,(H,17,19). The predicted octanol–water partition coefficient (Wildman–Crippen LogP) is 1.61. The molecule has 0 aliphatic rings. The number of benzene rings is 1. The third kappa shape index (κ3) is 2.55. The molecule has 2 heterocycles. The van der Waals surface area contributed by atoms with Crippen molar-refractivity contribution in [2.45, 2.75) is 13.3 Å². The van der Waals surface area contributed by atoms with E-state index in [1.807, 2.05) is 31.2 Å². The summed E-state index contributed by atoms with van der Waals surface area (Å²) >= 11 is 0. The average molecular weight is 283 g/mol. The molecule has 0 aliphatic heterocycles. The van der Waals surface area contributed by atoms with Gasteiger partial charge in [-0.05, 0) is 30.2 Å². The van der Waals surface area contributed by atoms with Crippen molar-refractivity contribution in [2.24, 2.45) is 0 Å². The van der Waals surface area contributed by atoms with Crippen LogP contribution in [0.25, 0.3) is 11.2 Å². The van der Waals surface area contributed by atoms with Crippen LogP contribution in [0.2, 0.25) is 0 Å². The fourth-order valence-electron chi connectivity index (χ4n) is 2.10. The molecule has 0 radical (unpaired) electrons. The Morgan fingerprint density at radius 3 is 2.90 bits per heavy atom. The molecule has 3 rings (SSSR count). The molecule has 0 saturated carbocycles. The fourth-order valence-corrected chi connectivity index (χ4v) is 2.10. The van der Waals surface area contributed by atoms with Crippen LogP contribution in [0.15, 0.2) is 51.8 Å². The van der Waals surface area contributed by atoms with Crippen LogP contribution in [0, 0.1) is 6.92 Å². The van der Waals surface area contributed by atoms with Gasteiger partial charge in [0.25, 0.3) is 0 Å². The molecule has 0 bridgehead atoms. The van der Waals surface area contributed by atoms with E-state index in [4.69, 9.17) is 4.42 Å². The van der Waals surface area contributed by atoms with Gasteiger partial charge in [0.1, 0.15) is 0 Å². The molecule has 0 atom stereocenters. The zero-order valence-corrected chi connectivity index (χ0v) is 11.4. The Labute approximate surface area is 120 Å². The Hall–Kier alpha value is -2.89. The lowest BCUT2D eigenvalue weighted by molar-refractivity contribution is -0.116. The summed E-state index contributed by atoms with van der Waals surface area (Å²) in [6, 6.07) is 10.9. The first-order chi connectivity index (χ1) is 10.1. The van der Waals surface area contributed by atoms with E-state index in [9.17, 15) is 9.59 Å². The predicted molar refractivity (Wildman–Crippen MR) is 77.5 cm³/mol. The normalized spacial score (nSPS) is 10.7. The number of amides is 1. The Kier molecular flexibility index (Phi) is 3.27. The number of aromatic nitrogens is 2. The first kappa shape index (κ1) is 13.1. The fraction of sp³-hybridized carbons (Fsp3) is 0.133. The molecule has 0 saturated heterocycles. The summed E-state index contributed by atoms with van der Waals surface area (Å²) in [4.78, 5) is 27.9. The van der Waals surface area contributed by atoms with Crippen molar-refractivity contribution in [3.63, 3.8) is 0 Å². The lowest BCUT2D eigenvalue weighted by Gasteiger charge is -2.06. The minimum Gasteiger partial charge on any atom is -0.405 e. The van der Waals surface area contributed by atoms with Gasteiger partial charge in [-0.25, -0.2) is 9.78 Å². The third-order valence-electron chi connectivity index (χ3n) is 3.19. The van der Waals surface area contributed by atoms with Crippen LogP contribution in [-0.2, 0) is 11.2 Å². The third-order valence-corrected chi connectivity index (χ3v) is 3.19. The number of fused-ring (bicyclic) bond motifs is 1. The van der Waals surface area contributed by atoms with E-state index in [1.165, 1.54) is 6.20 Å². The summed E-state index contributed by atoms with van der Waals surface area (Å²) in [6.45, 7) is 1.93. The number of pyridine rings is 1. The second-order valence-electron chi connectivity index (χ2n) is 4.67. The molecule has 1 aromatic carbocycles. The molecule has 6 heteroatoms. The quantitative estimate of drug-likeness (QED) is 0.792. The maximum Gasteiger partial charge on any atom is 0.440 e. The minimum absolute atomic E-state index is 0.179. The summed E-state index contributed by atoms with van der Waals surface area (Å²) in [5.41, 5.74) is 5.07. The number of nitrogens with one attached hydrogen (secondary N) is 1. The van der Waals surface area contributed by atoms with Gasteiger partial charge in [-0.3, -0.25) is 10.2 Å². The van der Waals surface area contributed by atoms with Gasteiger partial charge in [-0.2, -0.15) is 4.68 Å². The van der Waals surface area contributed by atoms with Gasteiger partial charge in [0, 0.05) is 6.20 Å². The smallest absolute Gasteiger partial charge is 0.405 e. The van der Waals surface area contributed by atoms with Gasteiger partial charge in [0.05, 0.1) is 6.42 Å². The Balaban J connectivity index is 1.86. The topological polar surface area (TPSA) is 77.1 Å². The van der Waals surface area contributed by atoms with E-state index in [0.717, 1.165) is 15.8 Å². The Bertz CT molecular complexity index is 864. The van der Waals surface area contributed by atoms with Crippen LogP contribution >= 0.6 is 0 Å². The Morgan fingerprint density at radius 2 is 2.10 bits per heavy atom. The van der Waals surface area contributed by atoms with Crippen molar-refractivity contribution in [3.8, 4) is 0 Å². The maximum absolute atomic E-state index is 12.1. The van der Waals surface area contributed by atoms with Crippen molar-refractivity contribution in [2.75, 3.05) is 5.43 Å². The van der Waals surface area contributed by atoms with E-state index in [0.29, 0.717) is 11.2 Å². The van der Waals surface area contributed by atoms with Crippen LogP contribution in [0.4, 0.5) is 0 Å². The number of nitrogens with zero attached hydrogens (tertiary/aromatic N) is 2. The molecule has 21 heavy (non-hydrogen) atoms. The van der Waals surface area contributed by atoms with Crippen molar-refractivity contribution < 1.29 is 9.21 Å². The van der Waals surface area contributed by atoms with Crippen molar-refractivity contribution in [1.82, 2.24) is 9.66 Å². The molecule has 0 spiro atoms. The lowest BCUT2D eigenvalue weighted by Crippen LogP contribution is -2.31. The van der Waals surface area contributed by atoms with Crippen molar-refractivity contribution >= 4 is 17.1 Å². The summed E-state index contributed by atoms with van der Waals surface area (Å²) in [5.74, 6) is -0.971. The number of hydrogen-bond acceptors (Lipinski definition) is 4. The summed E-state index contributed by atoms with van der Waals surface area (Å²) in [7, 11) is 0. The molecule has 2 aromatic heterocycles. The van der Waals surface area contributed by atoms with Crippen LogP contribution in [0.3, 0.4) is 0 Å². The Morgan fingerprint density at radius 1 is 1.29 bits per heavy atom. The van der Waals surface area contributed by atoms with Crippen molar-refractivity contribution in [3.05, 3.63) is 64.3 Å². The minimum atomic E-state index is -0.665. The van der Waals surface area contributed by atoms with E-state index < -0.39 is 5.76 Å². The summed E-state index contributed by atoms with van der Waals surface area (Å²) < 4.78 is 6.03. The average Bonchev–Trinajstić information content (AvgIpc) is 2.78. The van der Waals surface area contributed by atoms with E-state index in [1.54, 1.807) is 12.1 Å². The molecule has 1 amide bonds. The summed E-state index contributed by atoms with van der Waals surface area (Å²) in [5, 5.41) is 0.